The number of carbonyl (C=O) groups is 4. The van der Waals surface area contributed by atoms with Gasteiger partial charge in [0.2, 0.25) is 12.4 Å². The second-order valence-electron chi connectivity index (χ2n) is 16.1. The van der Waals surface area contributed by atoms with Crippen LogP contribution in [0.1, 0.15) is 171 Å². The predicted octanol–water partition coefficient (Wildman–Crippen LogP) is 10.2. The molecule has 0 spiro atoms. The Hall–Kier alpha value is -1.85. The van der Waals surface area contributed by atoms with Crippen molar-refractivity contribution in [3.63, 3.8) is 0 Å². The van der Waals surface area contributed by atoms with E-state index in [-0.39, 0.29) is 74.4 Å². The topological polar surface area (TPSA) is 135 Å². The summed E-state index contributed by atoms with van der Waals surface area (Å²) >= 11 is 1.76. The highest BCUT2D eigenvalue weighted by atomic mass is 32.2. The van der Waals surface area contributed by atoms with Crippen LogP contribution < -0.4 is 0 Å². The Morgan fingerprint density at radius 3 is 1.62 bits per heavy atom. The van der Waals surface area contributed by atoms with E-state index in [0.29, 0.717) is 44.3 Å². The minimum absolute atomic E-state index is 0. The second kappa shape index (κ2) is 23.3. The van der Waals surface area contributed by atoms with Crippen molar-refractivity contribution in [3.05, 3.63) is 0 Å². The van der Waals surface area contributed by atoms with E-state index in [4.69, 9.17) is 23.7 Å². The quantitative estimate of drug-likeness (QED) is 0.177. The smallest absolute Gasteiger partial charge is 0.347 e. The fraction of sp³-hybridized carbons (Fsp3) is 0.905. The van der Waals surface area contributed by atoms with Gasteiger partial charge in [-0.05, 0) is 105 Å². The Balaban J connectivity index is -0.000000327. The number of thioether (sulfide) groups is 1. The van der Waals surface area contributed by atoms with Crippen molar-refractivity contribution in [1.82, 2.24) is 0 Å². The summed E-state index contributed by atoms with van der Waals surface area (Å²) in [6.45, 7) is 18.2. The van der Waals surface area contributed by atoms with Crippen LogP contribution in [0.3, 0.4) is 0 Å². The zero-order valence-corrected chi connectivity index (χ0v) is 31.1. The molecule has 4 unspecified atom stereocenters. The summed E-state index contributed by atoms with van der Waals surface area (Å²) < 4.78 is 26.3. The number of carbonyl (C=O) groups excluding carboxylic acids is 4. The van der Waals surface area contributed by atoms with Gasteiger partial charge in [-0.2, -0.15) is 11.8 Å². The van der Waals surface area contributed by atoms with Gasteiger partial charge in [-0.3, -0.25) is 14.4 Å². The number of ether oxygens (including phenoxy) is 5. The van der Waals surface area contributed by atoms with Crippen molar-refractivity contribution in [3.8, 4) is 0 Å². The van der Waals surface area contributed by atoms with E-state index in [9.17, 15) is 24.3 Å². The summed E-state index contributed by atoms with van der Waals surface area (Å²) in [5.74, 6) is 1.87. The molecule has 11 heteroatoms. The molecule has 2 heterocycles. The average molecular weight is 781 g/mol. The highest BCUT2D eigenvalue weighted by molar-refractivity contribution is 7.99. The summed E-state index contributed by atoms with van der Waals surface area (Å²) in [6, 6.07) is 0. The third kappa shape index (κ3) is 15.7. The third-order valence-electron chi connectivity index (χ3n) is 10.8. The van der Waals surface area contributed by atoms with Crippen LogP contribution in [-0.2, 0) is 42.9 Å². The molecule has 2 aliphatic heterocycles. The van der Waals surface area contributed by atoms with Crippen LogP contribution in [0.5, 0.6) is 0 Å². The molecule has 1 N–H and O–H groups in total. The van der Waals surface area contributed by atoms with Crippen LogP contribution in [0, 0.1) is 28.1 Å². The minimum Gasteiger partial charge on any atom is -0.463 e. The van der Waals surface area contributed by atoms with Gasteiger partial charge in [0.05, 0.1) is 40.8 Å². The Morgan fingerprint density at radius 1 is 0.755 bits per heavy atom. The molecule has 318 valence electrons. The first-order chi connectivity index (χ1) is 21.8. The number of hydrogen-bond acceptors (Lipinski definition) is 11. The zero-order chi connectivity index (χ0) is 35.3. The molecular weight excluding hydrogens is 697 g/mol. The van der Waals surface area contributed by atoms with Crippen LogP contribution in [0.2, 0.25) is 0 Å². The van der Waals surface area contributed by atoms with Gasteiger partial charge >= 0.3 is 23.9 Å². The van der Waals surface area contributed by atoms with E-state index in [0.717, 1.165) is 50.0 Å². The van der Waals surface area contributed by atoms with Crippen molar-refractivity contribution in [1.29, 1.82) is 0 Å². The first-order valence-corrected chi connectivity index (χ1v) is 18.7. The standard InChI is InChI=1S/C16H26O3.C10H16O4.C10H18O3S.6CH4/c1-4-14(2,3)13(17)19-16-8-11-5-12(9-16)7-15(18,6-11)10-16;1-4-10(2,3)9(12)14-7-5-6-13-8(7)11;1-4-10(2,3)9(11)13-8-7-14-6-5-12-8;;;;;;/h11-12,18H,4-10H2,1-3H3;7H,4-6H2,1-3H3;8H,4-7H2,1-3H3;6*1H4. The van der Waals surface area contributed by atoms with E-state index >= 15 is 0 Å². The zero-order valence-electron chi connectivity index (χ0n) is 30.2. The van der Waals surface area contributed by atoms with Crippen LogP contribution in [0.4, 0.5) is 0 Å². The maximum Gasteiger partial charge on any atom is 0.347 e. The maximum atomic E-state index is 12.4. The first-order valence-electron chi connectivity index (χ1n) is 17.5. The minimum atomic E-state index is -0.687. The van der Waals surface area contributed by atoms with Gasteiger partial charge in [0, 0.05) is 18.6 Å². The molecule has 0 aromatic carbocycles. The summed E-state index contributed by atoms with van der Waals surface area (Å²) in [5, 5.41) is 10.6. The van der Waals surface area contributed by atoms with Gasteiger partial charge in [-0.15, -0.1) is 0 Å². The van der Waals surface area contributed by atoms with Gasteiger partial charge < -0.3 is 28.8 Å². The Morgan fingerprint density at radius 2 is 1.23 bits per heavy atom. The Kier molecular flexibility index (Phi) is 25.4. The van der Waals surface area contributed by atoms with Crippen molar-refractivity contribution in [2.24, 2.45) is 28.1 Å². The largest absolute Gasteiger partial charge is 0.463 e. The number of hydrogen-bond donors (Lipinski definition) is 1. The van der Waals surface area contributed by atoms with Crippen LogP contribution in [-0.4, -0.2) is 77.3 Å². The molecule has 4 aliphatic carbocycles. The molecule has 2 saturated heterocycles. The molecule has 4 saturated carbocycles. The van der Waals surface area contributed by atoms with Crippen LogP contribution in [0.15, 0.2) is 0 Å². The lowest BCUT2D eigenvalue weighted by Crippen LogP contribution is -2.61. The molecule has 6 aliphatic rings. The van der Waals surface area contributed by atoms with E-state index in [1.165, 1.54) is 6.42 Å². The lowest BCUT2D eigenvalue weighted by Gasteiger charge is -2.59. The van der Waals surface area contributed by atoms with Gasteiger partial charge in [-0.1, -0.05) is 65.3 Å². The summed E-state index contributed by atoms with van der Waals surface area (Å²) in [7, 11) is 0. The molecule has 0 amide bonds. The molecule has 10 nitrogen and oxygen atoms in total. The van der Waals surface area contributed by atoms with Crippen molar-refractivity contribution >= 4 is 35.6 Å². The normalized spacial score (nSPS) is 27.8. The van der Waals surface area contributed by atoms with Gasteiger partial charge in [0.15, 0.2) is 0 Å². The van der Waals surface area contributed by atoms with Gasteiger partial charge in [-0.25, -0.2) is 4.79 Å². The van der Waals surface area contributed by atoms with Crippen molar-refractivity contribution < 1.29 is 48.0 Å². The molecule has 0 radical (unpaired) electrons. The van der Waals surface area contributed by atoms with Gasteiger partial charge in [0.25, 0.3) is 0 Å². The first kappa shape index (κ1) is 57.9. The summed E-state index contributed by atoms with van der Waals surface area (Å²) in [6.07, 6.45) is 7.37. The van der Waals surface area contributed by atoms with Crippen LogP contribution in [0.25, 0.3) is 0 Å². The molecule has 0 aromatic rings. The number of esters is 4. The van der Waals surface area contributed by atoms with Crippen molar-refractivity contribution in [2.75, 3.05) is 24.7 Å². The average Bonchev–Trinajstić information content (AvgIpc) is 3.40. The number of rotatable bonds is 9. The molecule has 0 aromatic heterocycles. The fourth-order valence-corrected chi connectivity index (χ4v) is 7.44. The lowest BCUT2D eigenvalue weighted by atomic mass is 9.52. The van der Waals surface area contributed by atoms with Gasteiger partial charge in [0.1, 0.15) is 5.60 Å². The highest BCUT2D eigenvalue weighted by Crippen LogP contribution is 2.59. The van der Waals surface area contributed by atoms with E-state index in [2.05, 4.69) is 0 Å². The molecule has 6 fully saturated rings. The SMILES string of the molecule is C.C.C.C.C.C.CCC(C)(C)C(=O)OC12CC3CC(CC(O)(C3)C1)C2.CCC(C)(C)C(=O)OC1CCOC1=O.CCC(C)(C)C(=O)OC1CSCCO1. The molecule has 4 atom stereocenters. The maximum absolute atomic E-state index is 12.4. The Labute approximate surface area is 330 Å². The highest BCUT2D eigenvalue weighted by Gasteiger charge is 2.59. The molecule has 6 rings (SSSR count). The molecule has 4 bridgehead atoms. The van der Waals surface area contributed by atoms with Crippen LogP contribution >= 0.6 is 11.8 Å². The fourth-order valence-electron chi connectivity index (χ4n) is 6.70. The summed E-state index contributed by atoms with van der Waals surface area (Å²) in [5.41, 5.74) is -2.25. The monoisotopic (exact) mass is 781 g/mol. The number of aliphatic hydroxyl groups is 1. The third-order valence-corrected chi connectivity index (χ3v) is 11.7. The van der Waals surface area contributed by atoms with E-state index < -0.39 is 33.9 Å². The molecular formula is C42H84O10S. The predicted molar refractivity (Wildman–Crippen MR) is 220 cm³/mol. The van der Waals surface area contributed by atoms with E-state index in [1.54, 1.807) is 25.6 Å². The van der Waals surface area contributed by atoms with Crippen molar-refractivity contribution in [2.45, 2.75) is 195 Å². The number of cyclic esters (lactones) is 1. The molecule has 53 heavy (non-hydrogen) atoms. The van der Waals surface area contributed by atoms with E-state index in [1.807, 2.05) is 48.5 Å². The second-order valence-corrected chi connectivity index (χ2v) is 17.3. The summed E-state index contributed by atoms with van der Waals surface area (Å²) in [4.78, 5) is 46.6. The lowest BCUT2D eigenvalue weighted by molar-refractivity contribution is -0.225. The Bertz CT molecular complexity index is 1100.